The van der Waals surface area contributed by atoms with Crippen molar-refractivity contribution in [1.82, 2.24) is 0 Å². The third kappa shape index (κ3) is 3.43. The molecule has 1 rings (SSSR count). The average molecular weight is 229 g/mol. The Kier molecular flexibility index (Phi) is 3.96. The Hall–Kier alpha value is -1.23. The minimum Gasteiger partial charge on any atom is -0.369 e. The van der Waals surface area contributed by atoms with Crippen molar-refractivity contribution in [2.75, 3.05) is 5.75 Å². The van der Waals surface area contributed by atoms with Gasteiger partial charge in [0.2, 0.25) is 5.91 Å². The highest BCUT2D eigenvalue weighted by molar-refractivity contribution is 7.85. The van der Waals surface area contributed by atoms with E-state index in [0.29, 0.717) is 4.90 Å². The number of nitrogens with two attached hydrogens (primary N) is 1. The molecule has 0 saturated heterocycles. The monoisotopic (exact) mass is 229 g/mol. The average Bonchev–Trinajstić information content (AvgIpc) is 2.18. The van der Waals surface area contributed by atoms with E-state index in [1.165, 1.54) is 24.3 Å². The fraction of sp³-hybridized carbons (Fsp3) is 0.300. The zero-order chi connectivity index (χ0) is 11.4. The fourth-order valence-electron chi connectivity index (χ4n) is 0.992. The van der Waals surface area contributed by atoms with E-state index in [1.54, 1.807) is 6.92 Å². The highest BCUT2D eigenvalue weighted by Gasteiger charge is 2.14. The summed E-state index contributed by atoms with van der Waals surface area (Å²) in [7, 11) is -1.31. The molecule has 0 saturated carbocycles. The van der Waals surface area contributed by atoms with Gasteiger partial charge in [-0.3, -0.25) is 9.00 Å². The van der Waals surface area contributed by atoms with Gasteiger partial charge in [0, 0.05) is 16.6 Å². The summed E-state index contributed by atoms with van der Waals surface area (Å²) in [5.41, 5.74) is 5.05. The molecule has 15 heavy (non-hydrogen) atoms. The predicted molar refractivity (Wildman–Crippen MR) is 56.0 cm³/mol. The van der Waals surface area contributed by atoms with Crippen LogP contribution in [0.3, 0.4) is 0 Å². The van der Waals surface area contributed by atoms with Crippen LogP contribution in [0.2, 0.25) is 0 Å². The van der Waals surface area contributed by atoms with Crippen LogP contribution in [0, 0.1) is 11.7 Å². The van der Waals surface area contributed by atoms with E-state index >= 15 is 0 Å². The van der Waals surface area contributed by atoms with Crippen LogP contribution in [0.15, 0.2) is 29.2 Å². The number of primary amides is 1. The molecule has 2 atom stereocenters. The van der Waals surface area contributed by atoms with Crippen molar-refractivity contribution in [2.45, 2.75) is 11.8 Å². The number of rotatable bonds is 4. The van der Waals surface area contributed by atoms with Crippen LogP contribution in [0.4, 0.5) is 4.39 Å². The topological polar surface area (TPSA) is 60.2 Å². The second-order valence-corrected chi connectivity index (χ2v) is 4.77. The Labute approximate surface area is 89.9 Å². The summed E-state index contributed by atoms with van der Waals surface area (Å²) >= 11 is 0. The lowest BCUT2D eigenvalue weighted by Gasteiger charge is -2.06. The van der Waals surface area contributed by atoms with Crippen molar-refractivity contribution in [1.29, 1.82) is 0 Å². The Morgan fingerprint density at radius 3 is 2.47 bits per heavy atom. The molecule has 1 aromatic rings. The van der Waals surface area contributed by atoms with Crippen molar-refractivity contribution in [3.8, 4) is 0 Å². The van der Waals surface area contributed by atoms with E-state index < -0.39 is 22.6 Å². The molecule has 0 aliphatic heterocycles. The summed E-state index contributed by atoms with van der Waals surface area (Å²) in [6.45, 7) is 1.61. The smallest absolute Gasteiger partial charge is 0.221 e. The van der Waals surface area contributed by atoms with Crippen molar-refractivity contribution in [2.24, 2.45) is 11.7 Å². The summed E-state index contributed by atoms with van der Waals surface area (Å²) < 4.78 is 24.2. The maximum absolute atomic E-state index is 12.6. The molecule has 1 aromatic carbocycles. The maximum Gasteiger partial charge on any atom is 0.221 e. The molecule has 0 bridgehead atoms. The second-order valence-electron chi connectivity index (χ2n) is 3.27. The number of hydrogen-bond acceptors (Lipinski definition) is 2. The summed E-state index contributed by atoms with van der Waals surface area (Å²) in [4.78, 5) is 11.3. The first-order valence-electron chi connectivity index (χ1n) is 4.44. The molecule has 0 aliphatic carbocycles. The van der Waals surface area contributed by atoms with E-state index in [1.807, 2.05) is 0 Å². The first kappa shape index (κ1) is 11.8. The number of amides is 1. The van der Waals surface area contributed by atoms with Crippen LogP contribution in [-0.4, -0.2) is 15.9 Å². The van der Waals surface area contributed by atoms with Crippen LogP contribution in [0.1, 0.15) is 6.92 Å². The van der Waals surface area contributed by atoms with Crippen molar-refractivity contribution in [3.05, 3.63) is 30.1 Å². The fourth-order valence-corrected chi connectivity index (χ4v) is 2.24. The van der Waals surface area contributed by atoms with E-state index in [9.17, 15) is 13.4 Å². The molecule has 3 nitrogen and oxygen atoms in total. The number of hydrogen-bond donors (Lipinski definition) is 1. The van der Waals surface area contributed by atoms with Crippen LogP contribution < -0.4 is 5.73 Å². The third-order valence-corrected chi connectivity index (χ3v) is 3.56. The van der Waals surface area contributed by atoms with Gasteiger partial charge in [0.15, 0.2) is 0 Å². The van der Waals surface area contributed by atoms with Gasteiger partial charge in [0.05, 0.1) is 10.8 Å². The molecule has 82 valence electrons. The molecule has 0 radical (unpaired) electrons. The summed E-state index contributed by atoms with van der Waals surface area (Å²) in [6, 6.07) is 5.36. The van der Waals surface area contributed by atoms with E-state index in [-0.39, 0.29) is 11.6 Å². The molecule has 0 heterocycles. The molecular formula is C10H12FNO2S. The lowest BCUT2D eigenvalue weighted by Crippen LogP contribution is -2.25. The third-order valence-electron chi connectivity index (χ3n) is 1.96. The van der Waals surface area contributed by atoms with Crippen LogP contribution >= 0.6 is 0 Å². The quantitative estimate of drug-likeness (QED) is 0.839. The minimum atomic E-state index is -1.31. The zero-order valence-corrected chi connectivity index (χ0v) is 9.09. The van der Waals surface area contributed by atoms with Gasteiger partial charge in [-0.05, 0) is 24.3 Å². The molecule has 0 fully saturated rings. The molecule has 2 unspecified atom stereocenters. The first-order valence-corrected chi connectivity index (χ1v) is 5.76. The zero-order valence-electron chi connectivity index (χ0n) is 8.27. The SMILES string of the molecule is CC(CS(=O)c1ccc(F)cc1)C(N)=O. The molecule has 5 heteroatoms. The van der Waals surface area contributed by atoms with Crippen LogP contribution in [0.5, 0.6) is 0 Å². The lowest BCUT2D eigenvalue weighted by atomic mass is 10.2. The molecule has 0 aliphatic rings. The molecule has 0 spiro atoms. The molecular weight excluding hydrogens is 217 g/mol. The Morgan fingerprint density at radius 1 is 1.47 bits per heavy atom. The molecule has 2 N–H and O–H groups in total. The molecule has 0 aromatic heterocycles. The van der Waals surface area contributed by atoms with Gasteiger partial charge in [-0.15, -0.1) is 0 Å². The van der Waals surface area contributed by atoms with Crippen molar-refractivity contribution < 1.29 is 13.4 Å². The summed E-state index contributed by atoms with van der Waals surface area (Å²) in [5.74, 6) is -1.14. The van der Waals surface area contributed by atoms with Gasteiger partial charge in [-0.2, -0.15) is 0 Å². The van der Waals surface area contributed by atoms with Gasteiger partial charge < -0.3 is 5.73 Å². The van der Waals surface area contributed by atoms with Gasteiger partial charge in [0.1, 0.15) is 5.82 Å². The largest absolute Gasteiger partial charge is 0.369 e. The number of carbonyl (C=O) groups is 1. The normalized spacial score (nSPS) is 14.5. The Balaban J connectivity index is 2.69. The van der Waals surface area contributed by atoms with Crippen LogP contribution in [-0.2, 0) is 15.6 Å². The molecule has 1 amide bonds. The van der Waals surface area contributed by atoms with E-state index in [2.05, 4.69) is 0 Å². The minimum absolute atomic E-state index is 0.168. The number of benzene rings is 1. The summed E-state index contributed by atoms with van der Waals surface area (Å²) in [6.07, 6.45) is 0. The number of carbonyl (C=O) groups excluding carboxylic acids is 1. The van der Waals surface area contributed by atoms with Gasteiger partial charge in [-0.1, -0.05) is 6.92 Å². The standard InChI is InChI=1S/C10H12FNO2S/c1-7(10(12)13)6-15(14)9-4-2-8(11)3-5-9/h2-5,7H,6H2,1H3,(H2,12,13). The van der Waals surface area contributed by atoms with E-state index in [0.717, 1.165) is 0 Å². The van der Waals surface area contributed by atoms with Gasteiger partial charge in [-0.25, -0.2) is 4.39 Å². The van der Waals surface area contributed by atoms with E-state index in [4.69, 9.17) is 5.73 Å². The van der Waals surface area contributed by atoms with Gasteiger partial charge >= 0.3 is 0 Å². The highest BCUT2D eigenvalue weighted by atomic mass is 32.2. The lowest BCUT2D eigenvalue weighted by molar-refractivity contribution is -0.120. The number of halogens is 1. The Morgan fingerprint density at radius 2 is 2.00 bits per heavy atom. The van der Waals surface area contributed by atoms with Crippen molar-refractivity contribution in [3.63, 3.8) is 0 Å². The van der Waals surface area contributed by atoms with Crippen molar-refractivity contribution >= 4 is 16.7 Å². The maximum atomic E-state index is 12.6. The first-order chi connectivity index (χ1) is 7.00. The Bertz CT molecular complexity index is 378. The highest BCUT2D eigenvalue weighted by Crippen LogP contribution is 2.10. The van der Waals surface area contributed by atoms with Gasteiger partial charge in [0.25, 0.3) is 0 Å². The predicted octanol–water partition coefficient (Wildman–Crippen LogP) is 1.05. The summed E-state index contributed by atoms with van der Waals surface area (Å²) in [5, 5.41) is 0. The van der Waals surface area contributed by atoms with Crippen LogP contribution in [0.25, 0.3) is 0 Å². The second kappa shape index (κ2) is 5.02.